The molecule has 1 aromatic rings. The van der Waals surface area contributed by atoms with Crippen LogP contribution < -0.4 is 16.1 Å². The van der Waals surface area contributed by atoms with Gasteiger partial charge in [-0.3, -0.25) is 9.78 Å². The van der Waals surface area contributed by atoms with Gasteiger partial charge in [-0.15, -0.1) is 4.73 Å². The quantitative estimate of drug-likeness (QED) is 0.564. The fourth-order valence-corrected chi connectivity index (χ4v) is 1.67. The van der Waals surface area contributed by atoms with Crippen LogP contribution in [-0.4, -0.2) is 45.0 Å². The molecule has 0 bridgehead atoms. The topological polar surface area (TPSA) is 114 Å². The Morgan fingerprint density at radius 1 is 1.61 bits per heavy atom. The van der Waals surface area contributed by atoms with E-state index in [1.165, 1.54) is 13.1 Å². The second-order valence-corrected chi connectivity index (χ2v) is 4.09. The van der Waals surface area contributed by atoms with Crippen molar-refractivity contribution in [1.29, 1.82) is 0 Å². The van der Waals surface area contributed by atoms with Crippen LogP contribution in [0.3, 0.4) is 0 Å². The third-order valence-corrected chi connectivity index (χ3v) is 2.69. The lowest BCUT2D eigenvalue weighted by atomic mass is 10.2. The molecule has 0 unspecified atom stereocenters. The molecule has 3 N–H and O–H groups in total. The van der Waals surface area contributed by atoms with Crippen molar-refractivity contribution < 1.29 is 19.8 Å². The summed E-state index contributed by atoms with van der Waals surface area (Å²) in [5, 5.41) is 18.4. The van der Waals surface area contributed by atoms with Gasteiger partial charge in [0.15, 0.2) is 0 Å². The van der Waals surface area contributed by atoms with Gasteiger partial charge in [-0.1, -0.05) is 0 Å². The van der Waals surface area contributed by atoms with Gasteiger partial charge in [0.2, 0.25) is 6.29 Å². The number of hydrogen-bond donors (Lipinski definition) is 3. The Bertz CT molecular complexity index is 536. The van der Waals surface area contributed by atoms with E-state index in [0.29, 0.717) is 5.56 Å². The lowest BCUT2D eigenvalue weighted by molar-refractivity contribution is -0.148. The third kappa shape index (κ3) is 2.45. The maximum absolute atomic E-state index is 11.4. The van der Waals surface area contributed by atoms with E-state index >= 15 is 0 Å². The van der Waals surface area contributed by atoms with E-state index in [4.69, 9.17) is 14.7 Å². The molecular weight excluding hydrogens is 244 g/mol. The highest BCUT2D eigenvalue weighted by atomic mass is 16.8. The summed E-state index contributed by atoms with van der Waals surface area (Å²) in [6.45, 7) is 1.19. The molecule has 8 heteroatoms. The highest BCUT2D eigenvalue weighted by molar-refractivity contribution is 4.99. The molecule has 0 spiro atoms. The van der Waals surface area contributed by atoms with Gasteiger partial charge < -0.3 is 19.8 Å². The van der Waals surface area contributed by atoms with Crippen LogP contribution in [0.5, 0.6) is 0 Å². The molecule has 2 heterocycles. The maximum Gasteiger partial charge on any atom is 0.361 e. The Morgan fingerprint density at radius 2 is 2.33 bits per heavy atom. The van der Waals surface area contributed by atoms with Crippen molar-refractivity contribution in [3.05, 3.63) is 32.6 Å². The summed E-state index contributed by atoms with van der Waals surface area (Å²) in [4.78, 5) is 29.8. The number of rotatable bonds is 3. The zero-order valence-electron chi connectivity index (χ0n) is 9.70. The Hall–Kier alpha value is -1.64. The van der Waals surface area contributed by atoms with Gasteiger partial charge in [0.1, 0.15) is 6.10 Å². The smallest absolute Gasteiger partial charge is 0.361 e. The molecule has 0 aromatic carbocycles. The standard InChI is InChI=1S/C10H14N2O6/c1-5-3-12(10(16)11-9(5)15)18-8-2-6(14)7(4-13)17-8/h3,6-8,13-14H,2,4H2,1H3,(H,11,15,16)/t6-,7+,8-/m0/s1. The van der Waals surface area contributed by atoms with Crippen molar-refractivity contribution in [3.8, 4) is 0 Å². The Labute approximate surface area is 101 Å². The molecular formula is C10H14N2O6. The largest absolute Gasteiger partial charge is 0.394 e. The lowest BCUT2D eigenvalue weighted by Gasteiger charge is -2.14. The second kappa shape index (κ2) is 4.92. The summed E-state index contributed by atoms with van der Waals surface area (Å²) in [6, 6.07) is 0. The number of hydrogen-bond acceptors (Lipinski definition) is 6. The molecule has 100 valence electrons. The minimum Gasteiger partial charge on any atom is -0.394 e. The first-order valence-electron chi connectivity index (χ1n) is 5.45. The molecule has 1 aromatic heterocycles. The SMILES string of the molecule is Cc1cn(O[C@H]2C[C@H](O)[C@@H](CO)O2)c(=O)[nH]c1=O. The summed E-state index contributed by atoms with van der Waals surface area (Å²) in [7, 11) is 0. The number of H-pyrrole nitrogens is 1. The minimum absolute atomic E-state index is 0.135. The average molecular weight is 258 g/mol. The van der Waals surface area contributed by atoms with Gasteiger partial charge in [0.05, 0.1) is 18.9 Å². The van der Waals surface area contributed by atoms with Gasteiger partial charge in [0.25, 0.3) is 5.56 Å². The van der Waals surface area contributed by atoms with Crippen molar-refractivity contribution in [2.24, 2.45) is 0 Å². The Kier molecular flexibility index (Phi) is 3.50. The van der Waals surface area contributed by atoms with Gasteiger partial charge >= 0.3 is 5.69 Å². The molecule has 8 nitrogen and oxygen atoms in total. The summed E-state index contributed by atoms with van der Waals surface area (Å²) >= 11 is 0. The predicted octanol–water partition coefficient (Wildman–Crippen LogP) is -2.26. The van der Waals surface area contributed by atoms with Crippen molar-refractivity contribution in [2.45, 2.75) is 31.8 Å². The third-order valence-electron chi connectivity index (χ3n) is 2.69. The van der Waals surface area contributed by atoms with E-state index < -0.39 is 29.7 Å². The van der Waals surface area contributed by atoms with Gasteiger partial charge in [-0.05, 0) is 6.92 Å². The lowest BCUT2D eigenvalue weighted by Crippen LogP contribution is -2.38. The van der Waals surface area contributed by atoms with Crippen LogP contribution in [0.2, 0.25) is 0 Å². The van der Waals surface area contributed by atoms with Gasteiger partial charge in [-0.2, -0.15) is 0 Å². The fraction of sp³-hybridized carbons (Fsp3) is 0.600. The molecule has 1 aliphatic heterocycles. The Morgan fingerprint density at radius 3 is 2.94 bits per heavy atom. The summed E-state index contributed by atoms with van der Waals surface area (Å²) in [5.41, 5.74) is -0.900. The number of nitrogens with one attached hydrogen (secondary N) is 1. The first-order valence-corrected chi connectivity index (χ1v) is 5.45. The number of aliphatic hydroxyl groups is 2. The van der Waals surface area contributed by atoms with Crippen molar-refractivity contribution >= 4 is 0 Å². The predicted molar refractivity (Wildman–Crippen MR) is 59.0 cm³/mol. The highest BCUT2D eigenvalue weighted by Gasteiger charge is 2.35. The first-order chi connectivity index (χ1) is 8.51. The van der Waals surface area contributed by atoms with E-state index in [-0.39, 0.29) is 13.0 Å². The fourth-order valence-electron chi connectivity index (χ4n) is 1.67. The molecule has 1 saturated heterocycles. The summed E-state index contributed by atoms with van der Waals surface area (Å²) in [5.74, 6) is 0. The van der Waals surface area contributed by atoms with Gasteiger partial charge in [-0.25, -0.2) is 4.79 Å². The Balaban J connectivity index is 2.14. The van der Waals surface area contributed by atoms with E-state index in [2.05, 4.69) is 4.98 Å². The normalized spacial score (nSPS) is 27.4. The van der Waals surface area contributed by atoms with Crippen LogP contribution in [0.4, 0.5) is 0 Å². The molecule has 0 radical (unpaired) electrons. The maximum atomic E-state index is 11.4. The zero-order valence-corrected chi connectivity index (χ0v) is 9.70. The number of aliphatic hydroxyl groups excluding tert-OH is 2. The minimum atomic E-state index is -0.848. The number of aromatic nitrogens is 2. The molecule has 1 fully saturated rings. The van der Waals surface area contributed by atoms with Crippen molar-refractivity contribution in [2.75, 3.05) is 6.61 Å². The molecule has 3 atom stereocenters. The monoisotopic (exact) mass is 258 g/mol. The zero-order chi connectivity index (χ0) is 13.3. The molecule has 1 aliphatic rings. The number of aryl methyl sites for hydroxylation is 1. The molecule has 18 heavy (non-hydrogen) atoms. The molecule has 0 saturated carbocycles. The van der Waals surface area contributed by atoms with Crippen LogP contribution in [-0.2, 0) is 4.74 Å². The second-order valence-electron chi connectivity index (χ2n) is 4.09. The van der Waals surface area contributed by atoms with Crippen LogP contribution in [0.1, 0.15) is 12.0 Å². The van der Waals surface area contributed by atoms with Crippen molar-refractivity contribution in [1.82, 2.24) is 9.71 Å². The highest BCUT2D eigenvalue weighted by Crippen LogP contribution is 2.18. The van der Waals surface area contributed by atoms with E-state index in [0.717, 1.165) is 4.73 Å². The molecule has 0 aliphatic carbocycles. The number of ether oxygens (including phenoxy) is 1. The van der Waals surface area contributed by atoms with Crippen LogP contribution >= 0.6 is 0 Å². The summed E-state index contributed by atoms with van der Waals surface area (Å²) in [6.07, 6.45) is -1.05. The van der Waals surface area contributed by atoms with Crippen LogP contribution in [0.15, 0.2) is 15.8 Å². The molecule has 0 amide bonds. The van der Waals surface area contributed by atoms with Crippen LogP contribution in [0, 0.1) is 6.92 Å². The number of aromatic amines is 1. The number of nitrogens with zero attached hydrogens (tertiary/aromatic N) is 1. The summed E-state index contributed by atoms with van der Waals surface area (Å²) < 4.78 is 6.02. The van der Waals surface area contributed by atoms with E-state index in [1.54, 1.807) is 0 Å². The van der Waals surface area contributed by atoms with Crippen LogP contribution in [0.25, 0.3) is 0 Å². The van der Waals surface area contributed by atoms with Crippen molar-refractivity contribution in [3.63, 3.8) is 0 Å². The van der Waals surface area contributed by atoms with E-state index in [1.807, 2.05) is 0 Å². The average Bonchev–Trinajstić information content (AvgIpc) is 2.66. The first kappa shape index (κ1) is 12.8. The van der Waals surface area contributed by atoms with Gasteiger partial charge in [0, 0.05) is 12.0 Å². The van der Waals surface area contributed by atoms with E-state index in [9.17, 15) is 14.7 Å². The molecule has 2 rings (SSSR count).